The van der Waals surface area contributed by atoms with Gasteiger partial charge in [0, 0.05) is 0 Å². The largest absolute Gasteiger partial charge is 0.496 e. The highest BCUT2D eigenvalue weighted by Crippen LogP contribution is 2.19. The summed E-state index contributed by atoms with van der Waals surface area (Å²) < 4.78 is 10.1. The first kappa shape index (κ1) is 13.9. The van der Waals surface area contributed by atoms with E-state index in [0.717, 1.165) is 5.56 Å². The molecule has 0 saturated heterocycles. The van der Waals surface area contributed by atoms with Gasteiger partial charge in [0.05, 0.1) is 25.5 Å². The van der Waals surface area contributed by atoms with E-state index in [9.17, 15) is 9.59 Å². The number of carbonyl (C=O) groups is 2. The van der Waals surface area contributed by atoms with Gasteiger partial charge < -0.3 is 14.5 Å². The second-order valence-corrected chi connectivity index (χ2v) is 4.29. The van der Waals surface area contributed by atoms with Crippen LogP contribution in [0.15, 0.2) is 41.0 Å². The van der Waals surface area contributed by atoms with Crippen LogP contribution in [0.25, 0.3) is 0 Å². The maximum absolute atomic E-state index is 12.1. The highest BCUT2D eigenvalue weighted by molar-refractivity contribution is 6.03. The van der Waals surface area contributed by atoms with Gasteiger partial charge >= 0.3 is 0 Å². The summed E-state index contributed by atoms with van der Waals surface area (Å²) in [6.45, 7) is 1.77. The number of amides is 1. The van der Waals surface area contributed by atoms with Crippen molar-refractivity contribution in [3.63, 3.8) is 0 Å². The molecule has 1 aromatic heterocycles. The molecule has 0 unspecified atom stereocenters. The van der Waals surface area contributed by atoms with Crippen LogP contribution in [0.4, 0.5) is 0 Å². The van der Waals surface area contributed by atoms with E-state index in [1.807, 2.05) is 13.0 Å². The van der Waals surface area contributed by atoms with E-state index in [2.05, 4.69) is 5.32 Å². The number of benzene rings is 1. The van der Waals surface area contributed by atoms with Crippen LogP contribution in [0.1, 0.15) is 26.5 Å². The zero-order chi connectivity index (χ0) is 14.5. The van der Waals surface area contributed by atoms with Crippen LogP contribution in [-0.4, -0.2) is 25.3 Å². The van der Waals surface area contributed by atoms with E-state index in [1.165, 1.54) is 19.4 Å². The van der Waals surface area contributed by atoms with Gasteiger partial charge in [-0.05, 0) is 31.2 Å². The number of furan rings is 1. The number of Topliss-reactive ketones (excluding diaryl/α,β-unsaturated/α-hetero) is 1. The minimum Gasteiger partial charge on any atom is -0.496 e. The molecule has 5 heteroatoms. The Labute approximate surface area is 116 Å². The molecule has 0 fully saturated rings. The Kier molecular flexibility index (Phi) is 4.20. The number of hydrogen-bond donors (Lipinski definition) is 1. The van der Waals surface area contributed by atoms with Crippen molar-refractivity contribution < 1.29 is 18.7 Å². The van der Waals surface area contributed by atoms with Crippen molar-refractivity contribution in [1.29, 1.82) is 0 Å². The van der Waals surface area contributed by atoms with Gasteiger partial charge in [0.2, 0.25) is 0 Å². The highest BCUT2D eigenvalue weighted by Gasteiger charge is 2.15. The van der Waals surface area contributed by atoms with Crippen molar-refractivity contribution >= 4 is 11.7 Å². The first-order valence-electron chi connectivity index (χ1n) is 6.11. The third-order valence-corrected chi connectivity index (χ3v) is 2.81. The smallest absolute Gasteiger partial charge is 0.287 e. The molecule has 0 bridgehead atoms. The van der Waals surface area contributed by atoms with E-state index >= 15 is 0 Å². The number of aryl methyl sites for hydroxylation is 1. The highest BCUT2D eigenvalue weighted by atomic mass is 16.5. The molecule has 1 heterocycles. The molecule has 1 amide bonds. The van der Waals surface area contributed by atoms with Gasteiger partial charge in [0.1, 0.15) is 5.75 Å². The lowest BCUT2D eigenvalue weighted by Gasteiger charge is -2.09. The van der Waals surface area contributed by atoms with Crippen LogP contribution in [0.5, 0.6) is 5.75 Å². The lowest BCUT2D eigenvalue weighted by atomic mass is 10.1. The van der Waals surface area contributed by atoms with Crippen molar-refractivity contribution in [3.05, 3.63) is 53.5 Å². The number of ether oxygens (including phenoxy) is 1. The van der Waals surface area contributed by atoms with Crippen molar-refractivity contribution in [2.24, 2.45) is 0 Å². The maximum atomic E-state index is 12.1. The minimum atomic E-state index is -0.421. The fourth-order valence-corrected chi connectivity index (χ4v) is 1.79. The molecule has 0 radical (unpaired) electrons. The first-order chi connectivity index (χ1) is 9.61. The maximum Gasteiger partial charge on any atom is 0.287 e. The number of ketones is 1. The summed E-state index contributed by atoms with van der Waals surface area (Å²) in [5.41, 5.74) is 1.40. The zero-order valence-corrected chi connectivity index (χ0v) is 11.3. The number of hydrogen-bond acceptors (Lipinski definition) is 4. The Morgan fingerprint density at radius 2 is 2.10 bits per heavy atom. The van der Waals surface area contributed by atoms with Crippen LogP contribution < -0.4 is 10.1 Å². The molecule has 2 rings (SSSR count). The second-order valence-electron chi connectivity index (χ2n) is 4.29. The summed E-state index contributed by atoms with van der Waals surface area (Å²) in [6, 6.07) is 8.47. The Morgan fingerprint density at radius 1 is 1.30 bits per heavy atom. The standard InChI is InChI=1S/C15H15NO4/c1-10-5-6-13(19-2)11(8-10)12(17)9-16-15(18)14-4-3-7-20-14/h3-8H,9H2,1-2H3,(H,16,18). The predicted octanol–water partition coefficient (Wildman–Crippen LogP) is 2.21. The number of carbonyl (C=O) groups excluding carboxylic acids is 2. The molecule has 5 nitrogen and oxygen atoms in total. The lowest BCUT2D eigenvalue weighted by molar-refractivity contribution is 0.0884. The summed E-state index contributed by atoms with van der Waals surface area (Å²) in [5, 5.41) is 2.52. The fraction of sp³-hybridized carbons (Fsp3) is 0.200. The van der Waals surface area contributed by atoms with Gasteiger partial charge in [0.15, 0.2) is 11.5 Å². The SMILES string of the molecule is COc1ccc(C)cc1C(=O)CNC(=O)c1ccco1. The predicted molar refractivity (Wildman–Crippen MR) is 73.1 cm³/mol. The Hall–Kier alpha value is -2.56. The summed E-state index contributed by atoms with van der Waals surface area (Å²) in [7, 11) is 1.50. The molecule has 1 aromatic carbocycles. The Balaban J connectivity index is 2.05. The third-order valence-electron chi connectivity index (χ3n) is 2.81. The number of nitrogens with one attached hydrogen (secondary N) is 1. The van der Waals surface area contributed by atoms with Gasteiger partial charge in [-0.25, -0.2) is 0 Å². The molecular weight excluding hydrogens is 258 g/mol. The van der Waals surface area contributed by atoms with E-state index < -0.39 is 5.91 Å². The number of rotatable bonds is 5. The minimum absolute atomic E-state index is 0.112. The van der Waals surface area contributed by atoms with E-state index in [0.29, 0.717) is 11.3 Å². The average Bonchev–Trinajstić information content (AvgIpc) is 2.98. The summed E-state index contributed by atoms with van der Waals surface area (Å²) in [4.78, 5) is 23.8. The van der Waals surface area contributed by atoms with E-state index in [4.69, 9.17) is 9.15 Å². The molecule has 0 spiro atoms. The molecule has 0 aliphatic heterocycles. The van der Waals surface area contributed by atoms with Crippen LogP contribution in [-0.2, 0) is 0 Å². The van der Waals surface area contributed by atoms with E-state index in [1.54, 1.807) is 18.2 Å². The summed E-state index contributed by atoms with van der Waals surface area (Å²) in [6.07, 6.45) is 1.40. The molecule has 0 atom stereocenters. The van der Waals surface area contributed by atoms with Crippen LogP contribution in [0.2, 0.25) is 0 Å². The first-order valence-corrected chi connectivity index (χ1v) is 6.11. The topological polar surface area (TPSA) is 68.5 Å². The average molecular weight is 273 g/mol. The monoisotopic (exact) mass is 273 g/mol. The third kappa shape index (κ3) is 3.06. The van der Waals surface area contributed by atoms with Gasteiger partial charge in [-0.3, -0.25) is 9.59 Å². The Morgan fingerprint density at radius 3 is 2.75 bits per heavy atom. The van der Waals surface area contributed by atoms with Gasteiger partial charge in [0.25, 0.3) is 5.91 Å². The van der Waals surface area contributed by atoms with Gasteiger partial charge in [-0.2, -0.15) is 0 Å². The summed E-state index contributed by atoms with van der Waals surface area (Å²) >= 11 is 0. The molecule has 0 saturated carbocycles. The van der Waals surface area contributed by atoms with Crippen molar-refractivity contribution in [2.45, 2.75) is 6.92 Å². The number of methoxy groups -OCH3 is 1. The molecule has 2 aromatic rings. The molecule has 0 aliphatic rings. The normalized spacial score (nSPS) is 10.1. The lowest BCUT2D eigenvalue weighted by Crippen LogP contribution is -2.29. The second kappa shape index (κ2) is 6.06. The van der Waals surface area contributed by atoms with E-state index in [-0.39, 0.29) is 18.1 Å². The molecule has 20 heavy (non-hydrogen) atoms. The van der Waals surface area contributed by atoms with Crippen LogP contribution in [0.3, 0.4) is 0 Å². The quantitative estimate of drug-likeness (QED) is 0.848. The molecular formula is C15H15NO4. The van der Waals surface area contributed by atoms with Crippen molar-refractivity contribution in [2.75, 3.05) is 13.7 Å². The van der Waals surface area contributed by atoms with Crippen LogP contribution in [0, 0.1) is 6.92 Å². The Bertz CT molecular complexity index is 617. The van der Waals surface area contributed by atoms with Gasteiger partial charge in [-0.15, -0.1) is 0 Å². The van der Waals surface area contributed by atoms with Crippen molar-refractivity contribution in [3.8, 4) is 5.75 Å². The molecule has 1 N–H and O–H groups in total. The molecule has 0 aliphatic carbocycles. The van der Waals surface area contributed by atoms with Crippen LogP contribution >= 0.6 is 0 Å². The van der Waals surface area contributed by atoms with Gasteiger partial charge in [-0.1, -0.05) is 11.6 Å². The fourth-order valence-electron chi connectivity index (χ4n) is 1.79. The summed E-state index contributed by atoms with van der Waals surface area (Å²) in [5.74, 6) is 0.0299. The van der Waals surface area contributed by atoms with Crippen molar-refractivity contribution in [1.82, 2.24) is 5.32 Å². The molecule has 104 valence electrons. The zero-order valence-electron chi connectivity index (χ0n) is 11.3.